The lowest BCUT2D eigenvalue weighted by atomic mass is 9.77. The van der Waals surface area contributed by atoms with Crippen molar-refractivity contribution in [3.8, 4) is 11.1 Å². The van der Waals surface area contributed by atoms with Crippen molar-refractivity contribution in [2.24, 2.45) is 5.92 Å². The highest BCUT2D eigenvalue weighted by Crippen LogP contribution is 2.38. The fourth-order valence-corrected chi connectivity index (χ4v) is 4.87. The zero-order valence-electron chi connectivity index (χ0n) is 19.0. The molecule has 2 aromatic carbocycles. The van der Waals surface area contributed by atoms with Crippen LogP contribution in [0.5, 0.6) is 0 Å². The number of carbonyl (C=O) groups is 1. The quantitative estimate of drug-likeness (QED) is 0.274. The third kappa shape index (κ3) is 6.24. The second kappa shape index (κ2) is 11.0. The van der Waals surface area contributed by atoms with E-state index in [0.29, 0.717) is 5.92 Å². The summed E-state index contributed by atoms with van der Waals surface area (Å²) in [5.74, 6) is -2.81. The summed E-state index contributed by atoms with van der Waals surface area (Å²) in [5.41, 5.74) is 3.48. The van der Waals surface area contributed by atoms with Crippen LogP contribution in [0.2, 0.25) is 0 Å². The van der Waals surface area contributed by atoms with E-state index in [0.717, 1.165) is 17.0 Å². The molecule has 0 bridgehead atoms. The smallest absolute Gasteiger partial charge is 0.287 e. The number of hydrogen-bond acceptors (Lipinski definition) is 1. The van der Waals surface area contributed by atoms with Crippen LogP contribution in [0.4, 0.5) is 8.78 Å². The average molecular weight is 427 g/mol. The maximum absolute atomic E-state index is 13.9. The van der Waals surface area contributed by atoms with Crippen molar-refractivity contribution in [3.63, 3.8) is 0 Å². The molecule has 1 saturated carbocycles. The number of carbonyl (C=O) groups excluding carboxylic acids is 1. The Bertz CT molecular complexity index is 815. The fourth-order valence-electron chi connectivity index (χ4n) is 4.87. The minimum Gasteiger partial charge on any atom is -0.287 e. The summed E-state index contributed by atoms with van der Waals surface area (Å²) in [6, 6.07) is 15.2. The first-order valence-corrected chi connectivity index (χ1v) is 12.1. The molecule has 0 aliphatic heterocycles. The SMILES string of the molecule is CCCCCC1CCC(c2ccc(-c3ccc(C(=O)C(F)(F)CCC)cc3)cc2)CC1. The van der Waals surface area contributed by atoms with Crippen molar-refractivity contribution < 1.29 is 13.6 Å². The zero-order chi connectivity index (χ0) is 22.3. The Morgan fingerprint density at radius 2 is 1.42 bits per heavy atom. The van der Waals surface area contributed by atoms with Crippen LogP contribution in [0, 0.1) is 5.92 Å². The van der Waals surface area contributed by atoms with E-state index >= 15 is 0 Å². The molecular weight excluding hydrogens is 390 g/mol. The Morgan fingerprint density at radius 3 is 1.97 bits per heavy atom. The molecule has 1 aliphatic carbocycles. The van der Waals surface area contributed by atoms with Gasteiger partial charge in [0.25, 0.3) is 0 Å². The molecule has 0 radical (unpaired) electrons. The highest BCUT2D eigenvalue weighted by molar-refractivity contribution is 6.01. The third-order valence-corrected chi connectivity index (χ3v) is 6.82. The largest absolute Gasteiger partial charge is 0.309 e. The average Bonchev–Trinajstić information content (AvgIpc) is 2.79. The maximum Gasteiger partial charge on any atom is 0.309 e. The first-order valence-electron chi connectivity index (χ1n) is 12.1. The lowest BCUT2D eigenvalue weighted by Gasteiger charge is -2.29. The number of Topliss-reactive ketones (excluding diaryl/α,β-unsaturated/α-hetero) is 1. The fraction of sp³-hybridized carbons (Fsp3) is 0.536. The van der Waals surface area contributed by atoms with Crippen molar-refractivity contribution >= 4 is 5.78 Å². The number of ketones is 1. The van der Waals surface area contributed by atoms with Crippen molar-refractivity contribution in [2.75, 3.05) is 0 Å². The van der Waals surface area contributed by atoms with E-state index in [4.69, 9.17) is 0 Å². The summed E-state index contributed by atoms with van der Waals surface area (Å²) in [6.07, 6.45) is 10.5. The molecule has 1 nitrogen and oxygen atoms in total. The monoisotopic (exact) mass is 426 g/mol. The molecule has 3 heteroatoms. The highest BCUT2D eigenvalue weighted by Gasteiger charge is 2.37. The van der Waals surface area contributed by atoms with Crippen molar-refractivity contribution in [1.29, 1.82) is 0 Å². The zero-order valence-corrected chi connectivity index (χ0v) is 19.0. The first-order chi connectivity index (χ1) is 14.9. The van der Waals surface area contributed by atoms with Crippen molar-refractivity contribution in [1.82, 2.24) is 0 Å². The van der Waals surface area contributed by atoms with Crippen LogP contribution in [0.25, 0.3) is 11.1 Å². The molecule has 1 aliphatic rings. The molecule has 2 aromatic rings. The number of benzene rings is 2. The van der Waals surface area contributed by atoms with Gasteiger partial charge in [-0.25, -0.2) is 0 Å². The highest BCUT2D eigenvalue weighted by atomic mass is 19.3. The topological polar surface area (TPSA) is 17.1 Å². The summed E-state index contributed by atoms with van der Waals surface area (Å²) >= 11 is 0. The van der Waals surface area contributed by atoms with Crippen LogP contribution in [-0.4, -0.2) is 11.7 Å². The van der Waals surface area contributed by atoms with Gasteiger partial charge in [0.1, 0.15) is 0 Å². The van der Waals surface area contributed by atoms with E-state index in [1.807, 2.05) is 0 Å². The lowest BCUT2D eigenvalue weighted by Crippen LogP contribution is -2.28. The third-order valence-electron chi connectivity index (χ3n) is 6.82. The molecule has 0 unspecified atom stereocenters. The molecule has 0 heterocycles. The molecule has 1 fully saturated rings. The van der Waals surface area contributed by atoms with Gasteiger partial charge in [-0.05, 0) is 60.6 Å². The molecule has 0 N–H and O–H groups in total. The van der Waals surface area contributed by atoms with Crippen molar-refractivity contribution in [3.05, 3.63) is 59.7 Å². The molecular formula is C28H36F2O. The number of unbranched alkanes of at least 4 members (excludes halogenated alkanes) is 2. The van der Waals surface area contributed by atoms with Gasteiger partial charge in [0.05, 0.1) is 0 Å². The number of alkyl halides is 2. The van der Waals surface area contributed by atoms with Crippen LogP contribution in [-0.2, 0) is 0 Å². The Labute approximate surface area is 186 Å². The Morgan fingerprint density at radius 1 is 0.839 bits per heavy atom. The minimum absolute atomic E-state index is 0.0783. The molecule has 3 rings (SSSR count). The summed E-state index contributed by atoms with van der Waals surface area (Å²) in [4.78, 5) is 12.1. The second-order valence-electron chi connectivity index (χ2n) is 9.20. The van der Waals surface area contributed by atoms with Crippen LogP contribution >= 0.6 is 0 Å². The van der Waals surface area contributed by atoms with Gasteiger partial charge in [-0.15, -0.1) is 0 Å². The van der Waals surface area contributed by atoms with Gasteiger partial charge in [0, 0.05) is 12.0 Å². The number of hydrogen-bond donors (Lipinski definition) is 0. The maximum atomic E-state index is 13.9. The molecule has 31 heavy (non-hydrogen) atoms. The molecule has 0 saturated heterocycles. The van der Waals surface area contributed by atoms with Crippen LogP contribution in [0.15, 0.2) is 48.5 Å². The van der Waals surface area contributed by atoms with Crippen LogP contribution in [0.1, 0.15) is 99.9 Å². The van der Waals surface area contributed by atoms with Crippen molar-refractivity contribution in [2.45, 2.75) is 89.9 Å². The summed E-state index contributed by atoms with van der Waals surface area (Å²) in [6.45, 7) is 3.92. The van der Waals surface area contributed by atoms with E-state index in [2.05, 4.69) is 31.2 Å². The number of rotatable bonds is 10. The van der Waals surface area contributed by atoms with E-state index in [1.165, 1.54) is 69.1 Å². The van der Waals surface area contributed by atoms with Crippen LogP contribution in [0.3, 0.4) is 0 Å². The molecule has 168 valence electrons. The second-order valence-corrected chi connectivity index (χ2v) is 9.20. The Kier molecular flexibility index (Phi) is 8.40. The van der Waals surface area contributed by atoms with Gasteiger partial charge in [0.15, 0.2) is 0 Å². The molecule has 0 atom stereocenters. The van der Waals surface area contributed by atoms with Gasteiger partial charge < -0.3 is 0 Å². The molecule has 0 amide bonds. The van der Waals surface area contributed by atoms with E-state index < -0.39 is 18.1 Å². The van der Waals surface area contributed by atoms with Crippen LogP contribution < -0.4 is 0 Å². The normalized spacial score (nSPS) is 19.4. The van der Waals surface area contributed by atoms with Gasteiger partial charge in [0.2, 0.25) is 5.78 Å². The Balaban J connectivity index is 1.59. The predicted octanol–water partition coefficient (Wildman–Crippen LogP) is 8.83. The standard InChI is InChI=1S/C28H36F2O/c1-3-5-6-7-21-8-10-22(11-9-21)23-12-14-24(15-13-23)25-16-18-26(19-17-25)27(31)28(29,30)20-4-2/h12-19,21-22H,3-11,20H2,1-2H3. The minimum atomic E-state index is -3.28. The van der Waals surface area contributed by atoms with E-state index in [1.54, 1.807) is 19.1 Å². The van der Waals surface area contributed by atoms with E-state index in [-0.39, 0.29) is 12.0 Å². The number of halogens is 2. The predicted molar refractivity (Wildman–Crippen MR) is 125 cm³/mol. The lowest BCUT2D eigenvalue weighted by molar-refractivity contribution is 0.00453. The first kappa shape index (κ1) is 23.6. The van der Waals surface area contributed by atoms with E-state index in [9.17, 15) is 13.6 Å². The summed E-state index contributed by atoms with van der Waals surface area (Å²) in [7, 11) is 0. The molecule has 0 aromatic heterocycles. The summed E-state index contributed by atoms with van der Waals surface area (Å²) < 4.78 is 27.8. The van der Waals surface area contributed by atoms with Gasteiger partial charge in [-0.1, -0.05) is 88.1 Å². The van der Waals surface area contributed by atoms with Gasteiger partial charge in [-0.2, -0.15) is 8.78 Å². The van der Waals surface area contributed by atoms with Gasteiger partial charge >= 0.3 is 5.92 Å². The Hall–Kier alpha value is -2.03. The molecule has 0 spiro atoms. The summed E-state index contributed by atoms with van der Waals surface area (Å²) in [5, 5.41) is 0. The van der Waals surface area contributed by atoms with Gasteiger partial charge in [-0.3, -0.25) is 4.79 Å².